The predicted molar refractivity (Wildman–Crippen MR) is 134 cm³/mol. The Morgan fingerprint density at radius 3 is 2.73 bits per heavy atom. The molecule has 1 aromatic carbocycles. The summed E-state index contributed by atoms with van der Waals surface area (Å²) in [5.41, 5.74) is 5.85. The smallest absolute Gasteiger partial charge is 0.145 e. The lowest BCUT2D eigenvalue weighted by molar-refractivity contribution is 0.240. The summed E-state index contributed by atoms with van der Waals surface area (Å²) in [7, 11) is 0. The number of hydrogen-bond donors (Lipinski definition) is 3. The average molecular weight is 443 g/mol. The van der Waals surface area contributed by atoms with Crippen LogP contribution in [0.15, 0.2) is 41.4 Å². The molecule has 5 nitrogen and oxygen atoms in total. The molecule has 1 fully saturated rings. The van der Waals surface area contributed by atoms with Gasteiger partial charge in [-0.2, -0.15) is 0 Å². The molecule has 4 heterocycles. The largest absolute Gasteiger partial charge is 0.489 e. The summed E-state index contributed by atoms with van der Waals surface area (Å²) in [6, 6.07) is 13.4. The van der Waals surface area contributed by atoms with Crippen molar-refractivity contribution in [2.45, 2.75) is 65.5 Å². The van der Waals surface area contributed by atoms with Gasteiger partial charge in [0.15, 0.2) is 0 Å². The molecule has 2 aliphatic rings. The lowest BCUT2D eigenvalue weighted by atomic mass is 10.0. The number of ether oxygens (including phenoxy) is 1. The number of aryl methyl sites for hydroxylation is 2. The van der Waals surface area contributed by atoms with Gasteiger partial charge in [-0.3, -0.25) is 0 Å². The second-order valence-electron chi connectivity index (χ2n) is 9.61. The van der Waals surface area contributed by atoms with Crippen molar-refractivity contribution in [1.82, 2.24) is 15.3 Å². The van der Waals surface area contributed by atoms with Gasteiger partial charge in [0.05, 0.1) is 27.9 Å². The predicted octanol–water partition coefficient (Wildman–Crippen LogP) is 2.70. The van der Waals surface area contributed by atoms with Gasteiger partial charge in [-0.25, -0.2) is 4.99 Å². The molecule has 0 aliphatic carbocycles. The van der Waals surface area contributed by atoms with Crippen LogP contribution in [0.1, 0.15) is 56.5 Å². The fraction of sp³-hybridized carbons (Fsp3) is 0.393. The molecular formula is C28H34N4O. The highest BCUT2D eigenvalue weighted by molar-refractivity contribution is 5.88. The van der Waals surface area contributed by atoms with E-state index in [0.717, 1.165) is 58.3 Å². The first-order valence-corrected chi connectivity index (χ1v) is 12.2. The minimum absolute atomic E-state index is 0.0897. The van der Waals surface area contributed by atoms with Crippen molar-refractivity contribution < 1.29 is 4.74 Å². The third-order valence-corrected chi connectivity index (χ3v) is 6.56. The Bertz CT molecular complexity index is 1400. The zero-order valence-corrected chi connectivity index (χ0v) is 20.1. The highest BCUT2D eigenvalue weighted by atomic mass is 16.5. The van der Waals surface area contributed by atoms with E-state index >= 15 is 0 Å². The first-order chi connectivity index (χ1) is 16.0. The molecular weight excluding hydrogens is 408 g/mol. The van der Waals surface area contributed by atoms with Crippen LogP contribution >= 0.6 is 0 Å². The Labute approximate surface area is 195 Å². The van der Waals surface area contributed by atoms with Gasteiger partial charge in [0.2, 0.25) is 0 Å². The maximum absolute atomic E-state index is 6.21. The van der Waals surface area contributed by atoms with Crippen LogP contribution in [-0.2, 0) is 0 Å². The van der Waals surface area contributed by atoms with Crippen molar-refractivity contribution in [2.75, 3.05) is 6.54 Å². The zero-order valence-electron chi connectivity index (χ0n) is 20.1. The minimum Gasteiger partial charge on any atom is -0.489 e. The highest BCUT2D eigenvalue weighted by Crippen LogP contribution is 2.23. The molecule has 0 amide bonds. The molecule has 5 rings (SSSR count). The summed E-state index contributed by atoms with van der Waals surface area (Å²) in [6.07, 6.45) is 6.94. The summed E-state index contributed by atoms with van der Waals surface area (Å²) in [5, 5.41) is 7.94. The Balaban J connectivity index is 1.65. The molecule has 1 atom stereocenters. The molecule has 0 saturated carbocycles. The van der Waals surface area contributed by atoms with Crippen LogP contribution in [0.4, 0.5) is 0 Å². The topological polar surface area (TPSA) is 65.2 Å². The molecule has 33 heavy (non-hydrogen) atoms. The third kappa shape index (κ3) is 4.55. The molecule has 172 valence electrons. The fourth-order valence-corrected chi connectivity index (χ4v) is 5.02. The zero-order chi connectivity index (χ0) is 22.9. The number of nitrogens with zero attached hydrogens (tertiary/aromatic N) is 1. The maximum Gasteiger partial charge on any atom is 0.145 e. The van der Waals surface area contributed by atoms with Crippen molar-refractivity contribution in [1.29, 1.82) is 0 Å². The fourth-order valence-electron chi connectivity index (χ4n) is 5.02. The van der Waals surface area contributed by atoms with Crippen LogP contribution in [0.2, 0.25) is 0 Å². The number of para-hydroxylation sites is 1. The molecule has 0 spiro atoms. The number of hydrogen-bond acceptors (Lipinski definition) is 3. The Morgan fingerprint density at radius 2 is 2.00 bits per heavy atom. The summed E-state index contributed by atoms with van der Waals surface area (Å²) in [6.45, 7) is 9.48. The molecule has 2 aromatic heterocycles. The molecule has 2 aliphatic heterocycles. The monoisotopic (exact) mass is 442 g/mol. The van der Waals surface area contributed by atoms with Crippen molar-refractivity contribution >= 4 is 17.3 Å². The van der Waals surface area contributed by atoms with Crippen molar-refractivity contribution in [2.24, 2.45) is 4.99 Å². The standard InChI is InChI=1S/C28H34N4O/c1-17(2)33-27-16-26(31-25(27)15-24-18(3)14-19(4)30-24)28-22(12-11-20-8-7-13-29-20)21-9-5-6-10-23(21)32-28/h5-6,9-10,14-17,20,29-31H,7-8,11-13H2,1-4H3/b25-15?,28-26-. The molecule has 1 saturated heterocycles. The number of nitrogens with one attached hydrogen (secondary N) is 3. The van der Waals surface area contributed by atoms with Crippen LogP contribution in [0.5, 0.6) is 5.75 Å². The summed E-state index contributed by atoms with van der Waals surface area (Å²) >= 11 is 0. The van der Waals surface area contributed by atoms with Gasteiger partial charge in [-0.05, 0) is 89.3 Å². The van der Waals surface area contributed by atoms with Gasteiger partial charge in [-0.1, -0.05) is 18.2 Å². The van der Waals surface area contributed by atoms with Crippen LogP contribution in [0.3, 0.4) is 0 Å². The molecule has 3 aromatic rings. The maximum atomic E-state index is 6.21. The lowest BCUT2D eigenvalue weighted by Gasteiger charge is -2.11. The second kappa shape index (κ2) is 9.06. The second-order valence-corrected chi connectivity index (χ2v) is 9.61. The summed E-state index contributed by atoms with van der Waals surface area (Å²) in [4.78, 5) is 12.2. The number of fused-ring (bicyclic) bond motifs is 1. The van der Waals surface area contributed by atoms with E-state index in [1.165, 1.54) is 29.2 Å². The number of aromatic nitrogens is 2. The van der Waals surface area contributed by atoms with E-state index in [-0.39, 0.29) is 6.10 Å². The average Bonchev–Trinajstić information content (AvgIpc) is 3.54. The number of H-pyrrole nitrogens is 2. The SMILES string of the molecule is Cc1cc(C)c(C=c2[nH]/c(=C3\N=c4ccccc4=C3CCC3CCCN3)cc2OC(C)C)[nH]1. The van der Waals surface area contributed by atoms with Crippen molar-refractivity contribution in [3.8, 4) is 5.75 Å². The van der Waals surface area contributed by atoms with Crippen molar-refractivity contribution in [3.05, 3.63) is 74.6 Å². The lowest BCUT2D eigenvalue weighted by Crippen LogP contribution is -2.24. The van der Waals surface area contributed by atoms with Gasteiger partial charge in [-0.15, -0.1) is 0 Å². The van der Waals surface area contributed by atoms with Crippen LogP contribution < -0.4 is 31.3 Å². The molecule has 0 radical (unpaired) electrons. The quantitative estimate of drug-likeness (QED) is 0.550. The van der Waals surface area contributed by atoms with E-state index in [9.17, 15) is 0 Å². The van der Waals surface area contributed by atoms with Gasteiger partial charge in [0, 0.05) is 28.7 Å². The molecule has 3 N–H and O–H groups in total. The highest BCUT2D eigenvalue weighted by Gasteiger charge is 2.19. The normalized spacial score (nSPS) is 20.0. The number of benzene rings is 1. The van der Waals surface area contributed by atoms with E-state index in [0.29, 0.717) is 6.04 Å². The number of aromatic amines is 2. The summed E-state index contributed by atoms with van der Waals surface area (Å²) in [5.74, 6) is 0.863. The van der Waals surface area contributed by atoms with E-state index in [2.05, 4.69) is 85.5 Å². The Morgan fingerprint density at radius 1 is 1.15 bits per heavy atom. The van der Waals surface area contributed by atoms with E-state index in [1.807, 2.05) is 0 Å². The first kappa shape index (κ1) is 21.8. The third-order valence-electron chi connectivity index (χ3n) is 6.56. The number of rotatable bonds is 6. The van der Waals surface area contributed by atoms with E-state index in [1.54, 1.807) is 0 Å². The molecule has 0 bridgehead atoms. The van der Waals surface area contributed by atoms with Crippen LogP contribution in [-0.4, -0.2) is 28.7 Å². The Kier molecular flexibility index (Phi) is 5.98. The van der Waals surface area contributed by atoms with Gasteiger partial charge in [0.25, 0.3) is 0 Å². The molecule has 1 unspecified atom stereocenters. The van der Waals surface area contributed by atoms with Gasteiger partial charge < -0.3 is 20.0 Å². The first-order valence-electron chi connectivity index (χ1n) is 12.2. The molecule has 5 heteroatoms. The van der Waals surface area contributed by atoms with Gasteiger partial charge >= 0.3 is 0 Å². The Hall–Kier alpha value is -3.05. The van der Waals surface area contributed by atoms with E-state index in [4.69, 9.17) is 9.73 Å². The van der Waals surface area contributed by atoms with E-state index < -0.39 is 0 Å². The van der Waals surface area contributed by atoms with Crippen LogP contribution in [0, 0.1) is 13.8 Å². The van der Waals surface area contributed by atoms with Crippen molar-refractivity contribution in [3.63, 3.8) is 0 Å². The van der Waals surface area contributed by atoms with Gasteiger partial charge in [0.1, 0.15) is 5.75 Å². The minimum atomic E-state index is 0.0897. The summed E-state index contributed by atoms with van der Waals surface area (Å²) < 4.78 is 6.21. The van der Waals surface area contributed by atoms with Crippen LogP contribution in [0.25, 0.3) is 17.3 Å².